The lowest BCUT2D eigenvalue weighted by atomic mass is 10.2. The fourth-order valence-electron chi connectivity index (χ4n) is 3.02. The molecule has 0 aliphatic carbocycles. The van der Waals surface area contributed by atoms with Gasteiger partial charge in [-0.05, 0) is 36.6 Å². The molecule has 1 aliphatic heterocycles. The van der Waals surface area contributed by atoms with Crippen molar-refractivity contribution >= 4 is 17.7 Å². The molecule has 118 valence electrons. The number of nitrogens with zero attached hydrogens (tertiary/aromatic N) is 1. The van der Waals surface area contributed by atoms with Gasteiger partial charge < -0.3 is 10.2 Å². The molecule has 23 heavy (non-hydrogen) atoms. The predicted molar refractivity (Wildman–Crippen MR) is 95.3 cm³/mol. The van der Waals surface area contributed by atoms with E-state index in [0.717, 1.165) is 18.5 Å². The summed E-state index contributed by atoms with van der Waals surface area (Å²) >= 11 is 0. The number of rotatable bonds is 5. The van der Waals surface area contributed by atoms with E-state index in [9.17, 15) is 4.79 Å². The summed E-state index contributed by atoms with van der Waals surface area (Å²) in [5.74, 6) is -0.0336. The molecule has 0 spiro atoms. The SMILES string of the molecule is O=C(/C=C/c1ccccc1)NCC1CCCN1c1ccccc1. The Hall–Kier alpha value is -2.55. The molecule has 1 N–H and O–H groups in total. The molecule has 0 aromatic heterocycles. The fourth-order valence-corrected chi connectivity index (χ4v) is 3.02. The Bertz CT molecular complexity index is 652. The van der Waals surface area contributed by atoms with E-state index in [-0.39, 0.29) is 5.91 Å². The quantitative estimate of drug-likeness (QED) is 0.858. The Labute approximate surface area is 137 Å². The predicted octanol–water partition coefficient (Wildman–Crippen LogP) is 3.49. The van der Waals surface area contributed by atoms with Crippen molar-refractivity contribution in [1.82, 2.24) is 5.32 Å². The van der Waals surface area contributed by atoms with Crippen LogP contribution in [0.5, 0.6) is 0 Å². The molecule has 1 amide bonds. The normalized spacial score (nSPS) is 17.6. The van der Waals surface area contributed by atoms with E-state index in [1.165, 1.54) is 12.1 Å². The van der Waals surface area contributed by atoms with Crippen LogP contribution in [0.2, 0.25) is 0 Å². The van der Waals surface area contributed by atoms with Gasteiger partial charge in [-0.15, -0.1) is 0 Å². The van der Waals surface area contributed by atoms with Crippen LogP contribution in [0.4, 0.5) is 5.69 Å². The number of benzene rings is 2. The molecule has 0 radical (unpaired) electrons. The molecule has 1 saturated heterocycles. The lowest BCUT2D eigenvalue weighted by Crippen LogP contribution is -2.39. The van der Waals surface area contributed by atoms with Gasteiger partial charge in [0.15, 0.2) is 0 Å². The van der Waals surface area contributed by atoms with Crippen LogP contribution in [-0.2, 0) is 4.79 Å². The van der Waals surface area contributed by atoms with Gasteiger partial charge >= 0.3 is 0 Å². The third-order valence-corrected chi connectivity index (χ3v) is 4.20. The largest absolute Gasteiger partial charge is 0.367 e. The maximum absolute atomic E-state index is 12.0. The van der Waals surface area contributed by atoms with Gasteiger partial charge in [-0.3, -0.25) is 4.79 Å². The lowest BCUT2D eigenvalue weighted by Gasteiger charge is -2.26. The molecule has 2 aromatic rings. The minimum atomic E-state index is -0.0336. The molecule has 3 rings (SSSR count). The summed E-state index contributed by atoms with van der Waals surface area (Å²) in [4.78, 5) is 14.4. The lowest BCUT2D eigenvalue weighted by molar-refractivity contribution is -0.116. The second kappa shape index (κ2) is 7.63. The van der Waals surface area contributed by atoms with Gasteiger partial charge in [-0.2, -0.15) is 0 Å². The Morgan fingerprint density at radius 2 is 1.78 bits per heavy atom. The standard InChI is InChI=1S/C20H22N2O/c23-20(14-13-17-8-3-1-4-9-17)21-16-19-12-7-15-22(19)18-10-5-2-6-11-18/h1-6,8-11,13-14,19H,7,12,15-16H2,(H,21,23)/b14-13+. The third kappa shape index (κ3) is 4.22. The van der Waals surface area contributed by atoms with Gasteiger partial charge in [0, 0.05) is 30.9 Å². The monoisotopic (exact) mass is 306 g/mol. The van der Waals surface area contributed by atoms with E-state index in [2.05, 4.69) is 34.5 Å². The van der Waals surface area contributed by atoms with Crippen molar-refractivity contribution < 1.29 is 4.79 Å². The smallest absolute Gasteiger partial charge is 0.244 e. The van der Waals surface area contributed by atoms with E-state index in [0.29, 0.717) is 12.6 Å². The van der Waals surface area contributed by atoms with Crippen molar-refractivity contribution in [3.05, 3.63) is 72.3 Å². The first-order valence-corrected chi connectivity index (χ1v) is 8.15. The van der Waals surface area contributed by atoms with Gasteiger partial charge in [0.25, 0.3) is 0 Å². The molecule has 1 fully saturated rings. The first kappa shape index (κ1) is 15.3. The molecule has 1 atom stereocenters. The van der Waals surface area contributed by atoms with Crippen LogP contribution >= 0.6 is 0 Å². The first-order valence-electron chi connectivity index (χ1n) is 8.15. The molecule has 3 nitrogen and oxygen atoms in total. The zero-order chi connectivity index (χ0) is 15.9. The molecule has 3 heteroatoms. The van der Waals surface area contributed by atoms with Crippen LogP contribution < -0.4 is 10.2 Å². The summed E-state index contributed by atoms with van der Waals surface area (Å²) in [6.07, 6.45) is 5.75. The van der Waals surface area contributed by atoms with E-state index >= 15 is 0 Å². The molecule has 1 unspecified atom stereocenters. The van der Waals surface area contributed by atoms with E-state index < -0.39 is 0 Å². The molecule has 1 heterocycles. The average molecular weight is 306 g/mol. The average Bonchev–Trinajstić information content (AvgIpc) is 3.08. The number of nitrogens with one attached hydrogen (secondary N) is 1. The first-order chi connectivity index (χ1) is 11.3. The van der Waals surface area contributed by atoms with Gasteiger partial charge in [-0.1, -0.05) is 48.5 Å². The van der Waals surface area contributed by atoms with Gasteiger partial charge in [0.05, 0.1) is 0 Å². The van der Waals surface area contributed by atoms with Crippen LogP contribution in [0.15, 0.2) is 66.7 Å². The second-order valence-electron chi connectivity index (χ2n) is 5.81. The maximum Gasteiger partial charge on any atom is 0.244 e. The summed E-state index contributed by atoms with van der Waals surface area (Å²) in [7, 11) is 0. The van der Waals surface area contributed by atoms with Crippen molar-refractivity contribution in [3.63, 3.8) is 0 Å². The Morgan fingerprint density at radius 1 is 1.09 bits per heavy atom. The second-order valence-corrected chi connectivity index (χ2v) is 5.81. The topological polar surface area (TPSA) is 32.3 Å². The van der Waals surface area contributed by atoms with Crippen molar-refractivity contribution in [2.75, 3.05) is 18.0 Å². The van der Waals surface area contributed by atoms with Gasteiger partial charge in [-0.25, -0.2) is 0 Å². The number of amides is 1. The number of hydrogen-bond donors (Lipinski definition) is 1. The molecule has 0 saturated carbocycles. The highest BCUT2D eigenvalue weighted by Gasteiger charge is 2.24. The molecule has 0 bridgehead atoms. The number of hydrogen-bond acceptors (Lipinski definition) is 2. The Morgan fingerprint density at radius 3 is 2.52 bits per heavy atom. The highest BCUT2D eigenvalue weighted by Crippen LogP contribution is 2.24. The van der Waals surface area contributed by atoms with Crippen LogP contribution in [0.25, 0.3) is 6.08 Å². The number of carbonyl (C=O) groups excluding carboxylic acids is 1. The van der Waals surface area contributed by atoms with Crippen molar-refractivity contribution in [2.45, 2.75) is 18.9 Å². The Kier molecular flexibility index (Phi) is 5.09. The van der Waals surface area contributed by atoms with Crippen LogP contribution in [-0.4, -0.2) is 25.0 Å². The Balaban J connectivity index is 1.53. The summed E-state index contributed by atoms with van der Waals surface area (Å²) < 4.78 is 0. The highest BCUT2D eigenvalue weighted by molar-refractivity contribution is 5.91. The summed E-state index contributed by atoms with van der Waals surface area (Å²) in [5.41, 5.74) is 2.28. The van der Waals surface area contributed by atoms with E-state index in [4.69, 9.17) is 0 Å². The zero-order valence-electron chi connectivity index (χ0n) is 13.2. The number of para-hydroxylation sites is 1. The van der Waals surface area contributed by atoms with Gasteiger partial charge in [0.1, 0.15) is 0 Å². The zero-order valence-corrected chi connectivity index (χ0v) is 13.2. The minimum Gasteiger partial charge on any atom is -0.367 e. The van der Waals surface area contributed by atoms with Gasteiger partial charge in [0.2, 0.25) is 5.91 Å². The minimum absolute atomic E-state index is 0.0336. The van der Waals surface area contributed by atoms with Crippen molar-refractivity contribution in [1.29, 1.82) is 0 Å². The van der Waals surface area contributed by atoms with Crippen LogP contribution in [0.3, 0.4) is 0 Å². The van der Waals surface area contributed by atoms with Crippen LogP contribution in [0.1, 0.15) is 18.4 Å². The molecule has 2 aromatic carbocycles. The molecular weight excluding hydrogens is 284 g/mol. The number of carbonyl (C=O) groups is 1. The van der Waals surface area contributed by atoms with Crippen LogP contribution in [0, 0.1) is 0 Å². The van der Waals surface area contributed by atoms with E-state index in [1.54, 1.807) is 6.08 Å². The van der Waals surface area contributed by atoms with Crippen molar-refractivity contribution in [3.8, 4) is 0 Å². The maximum atomic E-state index is 12.0. The highest BCUT2D eigenvalue weighted by atomic mass is 16.1. The summed E-state index contributed by atoms with van der Waals surface area (Å²) in [5, 5.41) is 3.03. The molecular formula is C20H22N2O. The fraction of sp³-hybridized carbons (Fsp3) is 0.250. The van der Waals surface area contributed by atoms with Crippen molar-refractivity contribution in [2.24, 2.45) is 0 Å². The van der Waals surface area contributed by atoms with E-state index in [1.807, 2.05) is 42.5 Å². The summed E-state index contributed by atoms with van der Waals surface area (Å²) in [6.45, 7) is 1.75. The third-order valence-electron chi connectivity index (χ3n) is 4.20. The molecule has 1 aliphatic rings. The summed E-state index contributed by atoms with van der Waals surface area (Å²) in [6, 6.07) is 20.7. The number of anilines is 1.